The Morgan fingerprint density at radius 1 is 1.41 bits per heavy atom. The minimum absolute atomic E-state index is 0.509. The largest absolute Gasteiger partial charge is 0.311 e. The third kappa shape index (κ3) is 5.51. The van der Waals surface area contributed by atoms with Crippen LogP contribution < -0.4 is 5.32 Å². The molecule has 0 aliphatic carbocycles. The van der Waals surface area contributed by atoms with Gasteiger partial charge < -0.3 is 5.32 Å². The molecule has 0 aliphatic heterocycles. The Hall–Kier alpha value is -0.600. The van der Waals surface area contributed by atoms with Crippen LogP contribution in [-0.2, 0) is 6.42 Å². The highest BCUT2D eigenvalue weighted by Crippen LogP contribution is 2.17. The highest BCUT2D eigenvalue weighted by atomic mass is 35.5. The lowest BCUT2D eigenvalue weighted by molar-refractivity contribution is 0.425. The lowest BCUT2D eigenvalue weighted by Crippen LogP contribution is -2.36. The normalized spacial score (nSPS) is 13.0. The van der Waals surface area contributed by atoms with E-state index in [0.29, 0.717) is 12.1 Å². The number of aromatic nitrogens is 1. The molecular formula is C14H23ClN2. The Balaban J connectivity index is 2.61. The lowest BCUT2D eigenvalue weighted by Gasteiger charge is -2.21. The summed E-state index contributed by atoms with van der Waals surface area (Å²) in [7, 11) is 0. The van der Waals surface area contributed by atoms with E-state index in [2.05, 4.69) is 31.1 Å². The summed E-state index contributed by atoms with van der Waals surface area (Å²) >= 11 is 6.15. The van der Waals surface area contributed by atoms with Crippen LogP contribution in [-0.4, -0.2) is 17.1 Å². The Morgan fingerprint density at radius 2 is 2.18 bits per heavy atom. The monoisotopic (exact) mass is 254 g/mol. The number of halogens is 1. The van der Waals surface area contributed by atoms with Crippen molar-refractivity contribution in [3.63, 3.8) is 0 Å². The van der Waals surface area contributed by atoms with Crippen molar-refractivity contribution in [1.82, 2.24) is 10.3 Å². The topological polar surface area (TPSA) is 24.9 Å². The molecule has 1 rings (SSSR count). The van der Waals surface area contributed by atoms with Crippen molar-refractivity contribution < 1.29 is 0 Å². The lowest BCUT2D eigenvalue weighted by atomic mass is 10.0. The maximum absolute atomic E-state index is 6.15. The fraction of sp³-hybridized carbons (Fsp3) is 0.643. The molecule has 0 saturated heterocycles. The molecule has 17 heavy (non-hydrogen) atoms. The predicted molar refractivity (Wildman–Crippen MR) is 74.5 cm³/mol. The Bertz CT molecular complexity index is 326. The van der Waals surface area contributed by atoms with Crippen LogP contribution in [0.3, 0.4) is 0 Å². The minimum atomic E-state index is 0.509. The van der Waals surface area contributed by atoms with Crippen LogP contribution in [0.5, 0.6) is 0 Å². The van der Waals surface area contributed by atoms with Crippen molar-refractivity contribution in [2.24, 2.45) is 0 Å². The molecule has 1 N–H and O–H groups in total. The Labute approximate surface area is 110 Å². The van der Waals surface area contributed by atoms with E-state index < -0.39 is 0 Å². The second-order valence-corrected chi connectivity index (χ2v) is 5.24. The van der Waals surface area contributed by atoms with Gasteiger partial charge in [0, 0.05) is 24.5 Å². The summed E-state index contributed by atoms with van der Waals surface area (Å²) in [6, 6.07) is 3.04. The summed E-state index contributed by atoms with van der Waals surface area (Å²) in [5.74, 6) is 0. The van der Waals surface area contributed by atoms with Crippen LogP contribution in [0.2, 0.25) is 5.02 Å². The number of hydrogen-bond acceptors (Lipinski definition) is 2. The van der Waals surface area contributed by atoms with Gasteiger partial charge in [-0.2, -0.15) is 0 Å². The number of nitrogens with one attached hydrogen (secondary N) is 1. The van der Waals surface area contributed by atoms with Crippen LogP contribution >= 0.6 is 11.6 Å². The average Bonchev–Trinajstić information content (AvgIpc) is 2.28. The van der Waals surface area contributed by atoms with Gasteiger partial charge in [-0.3, -0.25) is 4.98 Å². The fourth-order valence-corrected chi connectivity index (χ4v) is 2.20. The van der Waals surface area contributed by atoms with Crippen molar-refractivity contribution in [1.29, 1.82) is 0 Å². The van der Waals surface area contributed by atoms with Gasteiger partial charge in [-0.15, -0.1) is 0 Å². The van der Waals surface area contributed by atoms with Crippen molar-refractivity contribution in [3.8, 4) is 0 Å². The number of nitrogens with zero attached hydrogens (tertiary/aromatic N) is 1. The van der Waals surface area contributed by atoms with Crippen LogP contribution in [0.1, 0.15) is 45.6 Å². The smallest absolute Gasteiger partial charge is 0.0621 e. The van der Waals surface area contributed by atoms with Gasteiger partial charge in [-0.1, -0.05) is 45.2 Å². The zero-order chi connectivity index (χ0) is 12.7. The summed E-state index contributed by atoms with van der Waals surface area (Å²) in [5.41, 5.74) is 1.19. The van der Waals surface area contributed by atoms with Gasteiger partial charge in [0.25, 0.3) is 0 Å². The highest BCUT2D eigenvalue weighted by molar-refractivity contribution is 6.31. The third-order valence-corrected chi connectivity index (χ3v) is 3.14. The van der Waals surface area contributed by atoms with Gasteiger partial charge in [0.2, 0.25) is 0 Å². The quantitative estimate of drug-likeness (QED) is 0.800. The highest BCUT2D eigenvalue weighted by Gasteiger charge is 2.12. The first kappa shape index (κ1) is 14.5. The molecule has 1 heterocycles. The maximum atomic E-state index is 6.15. The van der Waals surface area contributed by atoms with Crippen molar-refractivity contribution in [2.75, 3.05) is 0 Å². The Kier molecular flexibility index (Phi) is 6.53. The van der Waals surface area contributed by atoms with Crippen molar-refractivity contribution in [2.45, 2.75) is 58.5 Å². The summed E-state index contributed by atoms with van der Waals surface area (Å²) < 4.78 is 0. The SMILES string of the molecule is CCCCC(Cc1ccncc1Cl)NC(C)C. The predicted octanol–water partition coefficient (Wildman–Crippen LogP) is 3.83. The summed E-state index contributed by atoms with van der Waals surface area (Å²) in [6.07, 6.45) is 8.22. The summed E-state index contributed by atoms with van der Waals surface area (Å²) in [6.45, 7) is 6.60. The van der Waals surface area contributed by atoms with Crippen molar-refractivity contribution in [3.05, 3.63) is 29.0 Å². The Morgan fingerprint density at radius 3 is 2.76 bits per heavy atom. The molecule has 0 amide bonds. The van der Waals surface area contributed by atoms with E-state index >= 15 is 0 Å². The molecule has 2 nitrogen and oxygen atoms in total. The standard InChI is InChI=1S/C14H23ClN2/c1-4-5-6-13(17-11(2)3)9-12-7-8-16-10-14(12)15/h7-8,10-11,13,17H,4-6,9H2,1-3H3. The molecule has 1 aromatic rings. The molecule has 96 valence electrons. The molecular weight excluding hydrogens is 232 g/mol. The van der Waals surface area contributed by atoms with Gasteiger partial charge >= 0.3 is 0 Å². The molecule has 0 aliphatic rings. The van der Waals surface area contributed by atoms with E-state index in [1.807, 2.05) is 12.3 Å². The van der Waals surface area contributed by atoms with Crippen LogP contribution in [0.15, 0.2) is 18.5 Å². The van der Waals surface area contributed by atoms with E-state index in [0.717, 1.165) is 11.4 Å². The van der Waals surface area contributed by atoms with Gasteiger partial charge in [0.1, 0.15) is 0 Å². The van der Waals surface area contributed by atoms with Crippen molar-refractivity contribution >= 4 is 11.6 Å². The van der Waals surface area contributed by atoms with Gasteiger partial charge in [0.05, 0.1) is 5.02 Å². The first-order valence-corrected chi connectivity index (χ1v) is 6.85. The maximum Gasteiger partial charge on any atom is 0.0621 e. The van der Waals surface area contributed by atoms with E-state index in [1.165, 1.54) is 24.8 Å². The second kappa shape index (κ2) is 7.67. The first-order chi connectivity index (χ1) is 8.13. The van der Waals surface area contributed by atoms with E-state index in [1.54, 1.807) is 6.20 Å². The zero-order valence-corrected chi connectivity index (χ0v) is 11.8. The molecule has 0 saturated carbocycles. The number of hydrogen-bond donors (Lipinski definition) is 1. The van der Waals surface area contributed by atoms with Crippen LogP contribution in [0.25, 0.3) is 0 Å². The molecule has 1 atom stereocenters. The first-order valence-electron chi connectivity index (χ1n) is 6.48. The molecule has 0 bridgehead atoms. The number of pyridine rings is 1. The summed E-state index contributed by atoms with van der Waals surface area (Å²) in [5, 5.41) is 4.39. The fourth-order valence-electron chi connectivity index (χ4n) is 2.00. The minimum Gasteiger partial charge on any atom is -0.311 e. The number of rotatable bonds is 7. The second-order valence-electron chi connectivity index (χ2n) is 4.83. The van der Waals surface area contributed by atoms with Gasteiger partial charge in [0.15, 0.2) is 0 Å². The molecule has 1 aromatic heterocycles. The third-order valence-electron chi connectivity index (χ3n) is 2.80. The van der Waals surface area contributed by atoms with E-state index in [4.69, 9.17) is 11.6 Å². The molecule has 0 radical (unpaired) electrons. The zero-order valence-electron chi connectivity index (χ0n) is 11.0. The summed E-state index contributed by atoms with van der Waals surface area (Å²) in [4.78, 5) is 4.02. The van der Waals surface area contributed by atoms with E-state index in [9.17, 15) is 0 Å². The molecule has 3 heteroatoms. The molecule has 0 aromatic carbocycles. The van der Waals surface area contributed by atoms with Crippen LogP contribution in [0, 0.1) is 0 Å². The molecule has 1 unspecified atom stereocenters. The molecule has 0 spiro atoms. The molecule has 0 fully saturated rings. The van der Waals surface area contributed by atoms with Gasteiger partial charge in [-0.25, -0.2) is 0 Å². The van der Waals surface area contributed by atoms with Crippen LogP contribution in [0.4, 0.5) is 0 Å². The van der Waals surface area contributed by atoms with E-state index in [-0.39, 0.29) is 0 Å². The number of unbranched alkanes of at least 4 members (excludes halogenated alkanes) is 1. The average molecular weight is 255 g/mol. The van der Waals surface area contributed by atoms with Gasteiger partial charge in [-0.05, 0) is 24.5 Å².